The molecule has 0 aromatic carbocycles. The normalized spacial score (nSPS) is 9.00. The lowest BCUT2D eigenvalue weighted by molar-refractivity contribution is -0.385. The van der Waals surface area contributed by atoms with Gasteiger partial charge >= 0.3 is 5.69 Å². The number of nitro groups is 1. The monoisotopic (exact) mass is 199 g/mol. The molecule has 5 nitrogen and oxygen atoms in total. The topological polar surface area (TPSA) is 61.0 Å². The summed E-state index contributed by atoms with van der Waals surface area (Å²) in [6.45, 7) is 0.320. The summed E-state index contributed by atoms with van der Waals surface area (Å²) in [7, 11) is 0. The Morgan fingerprint density at radius 1 is 1.69 bits per heavy atom. The molecule has 1 aromatic heterocycles. The zero-order chi connectivity index (χ0) is 9.68. The molecule has 68 valence electrons. The van der Waals surface area contributed by atoms with Crippen LogP contribution in [0.4, 0.5) is 5.69 Å². The van der Waals surface area contributed by atoms with E-state index < -0.39 is 4.92 Å². The fourth-order valence-corrected chi connectivity index (χ4v) is 0.812. The predicted octanol–water partition coefficient (Wildman–Crippen LogP) is 1.03. The van der Waals surface area contributed by atoms with E-state index in [1.807, 2.05) is 0 Å². The average Bonchev–Trinajstić information content (AvgIpc) is 2.53. The van der Waals surface area contributed by atoms with Crippen LogP contribution in [0.3, 0.4) is 0 Å². The highest BCUT2D eigenvalue weighted by Crippen LogP contribution is 2.06. The van der Waals surface area contributed by atoms with Crippen molar-refractivity contribution >= 4 is 17.3 Å². The van der Waals surface area contributed by atoms with Gasteiger partial charge in [0.2, 0.25) is 0 Å². The molecule has 13 heavy (non-hydrogen) atoms. The highest BCUT2D eigenvalue weighted by atomic mass is 35.5. The van der Waals surface area contributed by atoms with E-state index in [1.165, 1.54) is 17.1 Å². The largest absolute Gasteiger partial charge is 0.307 e. The first-order valence-corrected chi connectivity index (χ1v) is 3.96. The van der Waals surface area contributed by atoms with Crippen LogP contribution in [0.1, 0.15) is 0 Å². The summed E-state index contributed by atoms with van der Waals surface area (Å²) < 4.78 is 1.39. The summed E-state index contributed by atoms with van der Waals surface area (Å²) >= 11 is 5.31. The van der Waals surface area contributed by atoms with Crippen molar-refractivity contribution in [3.8, 4) is 11.8 Å². The van der Waals surface area contributed by atoms with Gasteiger partial charge in [0.05, 0.1) is 10.8 Å². The molecule has 1 aromatic rings. The molecule has 0 radical (unpaired) electrons. The van der Waals surface area contributed by atoms with Crippen molar-refractivity contribution in [1.29, 1.82) is 0 Å². The van der Waals surface area contributed by atoms with Crippen molar-refractivity contribution < 1.29 is 4.92 Å². The van der Waals surface area contributed by atoms with Crippen LogP contribution in [0.5, 0.6) is 0 Å². The first-order valence-electron chi connectivity index (χ1n) is 3.42. The Kier molecular flexibility index (Phi) is 3.29. The molecule has 0 unspecified atom stereocenters. The lowest BCUT2D eigenvalue weighted by Gasteiger charge is -1.88. The second-order valence-electron chi connectivity index (χ2n) is 2.14. The number of halogens is 1. The number of rotatable bonds is 2. The molecule has 0 N–H and O–H groups in total. The van der Waals surface area contributed by atoms with Gasteiger partial charge in [0.1, 0.15) is 18.9 Å². The maximum Gasteiger partial charge on any atom is 0.307 e. The van der Waals surface area contributed by atoms with Gasteiger partial charge in [-0.1, -0.05) is 11.8 Å². The summed E-state index contributed by atoms with van der Waals surface area (Å²) in [5.74, 6) is 5.57. The van der Waals surface area contributed by atoms with E-state index in [0.717, 1.165) is 0 Å². The maximum absolute atomic E-state index is 10.2. The van der Waals surface area contributed by atoms with Crippen molar-refractivity contribution in [2.45, 2.75) is 6.54 Å². The lowest BCUT2D eigenvalue weighted by Crippen LogP contribution is -1.95. The Bertz CT molecular complexity index is 363. The number of hydrogen-bond donors (Lipinski definition) is 0. The summed E-state index contributed by atoms with van der Waals surface area (Å²) in [6, 6.07) is 0. The van der Waals surface area contributed by atoms with E-state index in [4.69, 9.17) is 11.6 Å². The molecule has 0 aliphatic rings. The molecule has 1 rings (SSSR count). The summed E-state index contributed by atoms with van der Waals surface area (Å²) in [4.78, 5) is 9.74. The van der Waals surface area contributed by atoms with Crippen LogP contribution in [-0.4, -0.2) is 20.6 Å². The van der Waals surface area contributed by atoms with Crippen molar-refractivity contribution in [3.05, 3.63) is 22.5 Å². The SMILES string of the molecule is O=[N+]([O-])c1cnn(CC#CCCl)c1. The Hall–Kier alpha value is -1.54. The molecule has 0 aliphatic heterocycles. The van der Waals surface area contributed by atoms with Crippen LogP contribution in [0.15, 0.2) is 12.4 Å². The van der Waals surface area contributed by atoms with Gasteiger partial charge in [0.15, 0.2) is 0 Å². The molecule has 0 fully saturated rings. The fraction of sp³-hybridized carbons (Fsp3) is 0.286. The highest BCUT2D eigenvalue weighted by Gasteiger charge is 2.06. The maximum atomic E-state index is 10.2. The molecule has 0 atom stereocenters. The van der Waals surface area contributed by atoms with Gasteiger partial charge in [-0.2, -0.15) is 5.10 Å². The first kappa shape index (κ1) is 9.55. The predicted molar refractivity (Wildman–Crippen MR) is 47.4 cm³/mol. The standard InChI is InChI=1S/C7H6ClN3O2/c8-3-1-2-4-10-6-7(5-9-10)11(12)13/h5-6H,3-4H2. The Balaban J connectivity index is 2.64. The Morgan fingerprint density at radius 3 is 3.00 bits per heavy atom. The van der Waals surface area contributed by atoms with Crippen LogP contribution in [0, 0.1) is 22.0 Å². The van der Waals surface area contributed by atoms with Crippen LogP contribution in [0.25, 0.3) is 0 Å². The molecule has 0 spiro atoms. The van der Waals surface area contributed by atoms with Crippen LogP contribution in [0.2, 0.25) is 0 Å². The molecule has 0 aliphatic carbocycles. The molecule has 0 amide bonds. The molecule has 6 heteroatoms. The minimum absolute atomic E-state index is 0.0346. The van der Waals surface area contributed by atoms with Gasteiger partial charge in [-0.25, -0.2) is 0 Å². The van der Waals surface area contributed by atoms with Gasteiger partial charge in [0.25, 0.3) is 0 Å². The number of alkyl halides is 1. The zero-order valence-electron chi connectivity index (χ0n) is 6.61. The summed E-state index contributed by atoms with van der Waals surface area (Å²) in [5.41, 5.74) is -0.0346. The molecule has 0 bridgehead atoms. The minimum Gasteiger partial charge on any atom is -0.258 e. The summed E-state index contributed by atoms with van der Waals surface area (Å²) in [6.07, 6.45) is 2.51. The van der Waals surface area contributed by atoms with Crippen molar-refractivity contribution in [3.63, 3.8) is 0 Å². The third-order valence-electron chi connectivity index (χ3n) is 1.26. The Morgan fingerprint density at radius 2 is 2.46 bits per heavy atom. The van der Waals surface area contributed by atoms with Gasteiger partial charge in [-0.05, 0) is 0 Å². The van der Waals surface area contributed by atoms with E-state index in [9.17, 15) is 10.1 Å². The molecule has 0 saturated heterocycles. The van der Waals surface area contributed by atoms with Gasteiger partial charge in [0, 0.05) is 0 Å². The second kappa shape index (κ2) is 4.48. The van der Waals surface area contributed by atoms with E-state index in [0.29, 0.717) is 6.54 Å². The van der Waals surface area contributed by atoms with Crippen LogP contribution in [-0.2, 0) is 6.54 Å². The smallest absolute Gasteiger partial charge is 0.258 e. The van der Waals surface area contributed by atoms with Crippen molar-refractivity contribution in [2.24, 2.45) is 0 Å². The Labute approximate surface area is 79.5 Å². The number of nitrogens with zero attached hydrogens (tertiary/aromatic N) is 3. The molecular formula is C7H6ClN3O2. The number of hydrogen-bond acceptors (Lipinski definition) is 3. The van der Waals surface area contributed by atoms with E-state index in [2.05, 4.69) is 16.9 Å². The van der Waals surface area contributed by atoms with E-state index in [1.54, 1.807) is 0 Å². The number of aromatic nitrogens is 2. The zero-order valence-corrected chi connectivity index (χ0v) is 7.36. The van der Waals surface area contributed by atoms with Gasteiger partial charge < -0.3 is 0 Å². The van der Waals surface area contributed by atoms with Gasteiger partial charge in [-0.15, -0.1) is 11.6 Å². The first-order chi connectivity index (χ1) is 6.24. The highest BCUT2D eigenvalue weighted by molar-refractivity contribution is 6.19. The minimum atomic E-state index is -0.502. The van der Waals surface area contributed by atoms with Gasteiger partial charge in [-0.3, -0.25) is 14.8 Å². The average molecular weight is 200 g/mol. The van der Waals surface area contributed by atoms with E-state index in [-0.39, 0.29) is 11.6 Å². The fourth-order valence-electron chi connectivity index (χ4n) is 0.718. The second-order valence-corrected chi connectivity index (χ2v) is 2.41. The van der Waals surface area contributed by atoms with Crippen molar-refractivity contribution in [1.82, 2.24) is 9.78 Å². The molecule has 1 heterocycles. The van der Waals surface area contributed by atoms with Crippen LogP contribution >= 0.6 is 11.6 Å². The summed E-state index contributed by atoms with van der Waals surface area (Å²) in [5, 5.41) is 14.0. The molecular weight excluding hydrogens is 194 g/mol. The van der Waals surface area contributed by atoms with Crippen molar-refractivity contribution in [2.75, 3.05) is 5.88 Å². The molecule has 0 saturated carbocycles. The van der Waals surface area contributed by atoms with E-state index >= 15 is 0 Å². The third kappa shape index (κ3) is 2.76. The quantitative estimate of drug-likeness (QED) is 0.309. The third-order valence-corrected chi connectivity index (χ3v) is 1.40. The lowest BCUT2D eigenvalue weighted by atomic mass is 10.6. The van der Waals surface area contributed by atoms with Crippen LogP contribution < -0.4 is 0 Å².